The first-order chi connectivity index (χ1) is 11.9. The third-order valence-electron chi connectivity index (χ3n) is 4.74. The lowest BCUT2D eigenvalue weighted by Gasteiger charge is -2.13. The summed E-state index contributed by atoms with van der Waals surface area (Å²) in [6, 6.07) is 28.1. The number of nitrogens with zero attached hydrogens (tertiary/aromatic N) is 1. The van der Waals surface area contributed by atoms with E-state index in [4.69, 9.17) is 0 Å². The van der Waals surface area contributed by atoms with Crippen molar-refractivity contribution < 1.29 is 0 Å². The third-order valence-corrected chi connectivity index (χ3v) is 4.74. The van der Waals surface area contributed by atoms with Crippen LogP contribution in [0, 0.1) is 0 Å². The van der Waals surface area contributed by atoms with Crippen molar-refractivity contribution in [3.05, 3.63) is 91.3 Å². The standard InChI is InChI=1S/C23H15N/c1-2-8-18-17(6-1)14-22(20-10-4-3-9-19(18)20)21-11-5-7-16-12-13-24-15-23(16)21/h1-15H. The van der Waals surface area contributed by atoms with E-state index >= 15 is 0 Å². The van der Waals surface area contributed by atoms with E-state index in [9.17, 15) is 0 Å². The maximum atomic E-state index is 4.34. The molecule has 1 aromatic heterocycles. The summed E-state index contributed by atoms with van der Waals surface area (Å²) in [6.07, 6.45) is 3.82. The molecule has 0 bridgehead atoms. The van der Waals surface area contributed by atoms with Crippen LogP contribution >= 0.6 is 0 Å². The summed E-state index contributed by atoms with van der Waals surface area (Å²) in [4.78, 5) is 4.34. The number of hydrogen-bond acceptors (Lipinski definition) is 1. The first-order valence-electron chi connectivity index (χ1n) is 8.15. The van der Waals surface area contributed by atoms with Gasteiger partial charge in [-0.2, -0.15) is 0 Å². The van der Waals surface area contributed by atoms with Crippen molar-refractivity contribution in [2.45, 2.75) is 0 Å². The molecule has 0 saturated heterocycles. The Morgan fingerprint density at radius 1 is 0.500 bits per heavy atom. The molecule has 24 heavy (non-hydrogen) atoms. The number of hydrogen-bond donors (Lipinski definition) is 0. The molecule has 1 heteroatoms. The monoisotopic (exact) mass is 305 g/mol. The second-order valence-corrected chi connectivity index (χ2v) is 6.09. The molecule has 5 rings (SSSR count). The van der Waals surface area contributed by atoms with Crippen LogP contribution in [0.4, 0.5) is 0 Å². The quantitative estimate of drug-likeness (QED) is 0.336. The van der Waals surface area contributed by atoms with Gasteiger partial charge in [0, 0.05) is 17.8 Å². The van der Waals surface area contributed by atoms with Crippen molar-refractivity contribution in [1.29, 1.82) is 0 Å². The predicted octanol–water partition coefficient (Wildman–Crippen LogP) is 6.21. The second-order valence-electron chi connectivity index (χ2n) is 6.09. The molecule has 1 heterocycles. The molecule has 0 spiro atoms. The molecule has 0 saturated carbocycles. The Morgan fingerprint density at radius 3 is 2.17 bits per heavy atom. The van der Waals surface area contributed by atoms with Gasteiger partial charge in [-0.1, -0.05) is 66.7 Å². The van der Waals surface area contributed by atoms with Gasteiger partial charge in [0.25, 0.3) is 0 Å². The molecule has 0 radical (unpaired) electrons. The zero-order chi connectivity index (χ0) is 15.9. The number of benzene rings is 4. The fourth-order valence-corrected chi connectivity index (χ4v) is 3.63. The second kappa shape index (κ2) is 5.17. The van der Waals surface area contributed by atoms with Gasteiger partial charge in [0.2, 0.25) is 0 Å². The third kappa shape index (κ3) is 1.92. The van der Waals surface area contributed by atoms with Crippen LogP contribution in [0.1, 0.15) is 0 Å². The molecule has 0 aliphatic rings. The molecular formula is C23H15N. The number of pyridine rings is 1. The molecule has 0 fully saturated rings. The van der Waals surface area contributed by atoms with Gasteiger partial charge in [-0.3, -0.25) is 4.98 Å². The summed E-state index contributed by atoms with van der Waals surface area (Å²) in [5, 5.41) is 7.57. The molecule has 0 unspecified atom stereocenters. The molecule has 4 aromatic carbocycles. The van der Waals surface area contributed by atoms with Crippen molar-refractivity contribution in [3.8, 4) is 11.1 Å². The zero-order valence-corrected chi connectivity index (χ0v) is 13.1. The van der Waals surface area contributed by atoms with Gasteiger partial charge in [0.1, 0.15) is 0 Å². The topological polar surface area (TPSA) is 12.9 Å². The van der Waals surface area contributed by atoms with Gasteiger partial charge in [-0.15, -0.1) is 0 Å². The number of rotatable bonds is 1. The molecule has 0 atom stereocenters. The average molecular weight is 305 g/mol. The van der Waals surface area contributed by atoms with Crippen LogP contribution in [-0.4, -0.2) is 4.98 Å². The summed E-state index contributed by atoms with van der Waals surface area (Å²) in [5.41, 5.74) is 2.51. The molecule has 1 nitrogen and oxygen atoms in total. The van der Waals surface area contributed by atoms with Gasteiger partial charge in [-0.25, -0.2) is 0 Å². The molecule has 112 valence electrons. The van der Waals surface area contributed by atoms with E-state index in [-0.39, 0.29) is 0 Å². The minimum Gasteiger partial charge on any atom is -0.264 e. The summed E-state index contributed by atoms with van der Waals surface area (Å²) in [7, 11) is 0. The first kappa shape index (κ1) is 13.3. The van der Waals surface area contributed by atoms with Crippen LogP contribution in [0.25, 0.3) is 43.4 Å². The Morgan fingerprint density at radius 2 is 1.25 bits per heavy atom. The van der Waals surface area contributed by atoms with E-state index in [0.717, 1.165) is 0 Å². The van der Waals surface area contributed by atoms with Crippen molar-refractivity contribution >= 4 is 32.3 Å². The highest BCUT2D eigenvalue weighted by Gasteiger charge is 2.10. The van der Waals surface area contributed by atoms with E-state index < -0.39 is 0 Å². The summed E-state index contributed by atoms with van der Waals surface area (Å²) in [6.45, 7) is 0. The van der Waals surface area contributed by atoms with E-state index in [1.54, 1.807) is 0 Å². The Kier molecular flexibility index (Phi) is 2.86. The van der Waals surface area contributed by atoms with Crippen LogP contribution in [0.2, 0.25) is 0 Å². The molecule has 5 aromatic rings. The maximum Gasteiger partial charge on any atom is 0.0352 e. The Bertz CT molecular complexity index is 1200. The SMILES string of the molecule is c1cc(-c2cc3ccccc3c3ccccc23)c2cnccc2c1. The molecule has 0 amide bonds. The van der Waals surface area contributed by atoms with Crippen molar-refractivity contribution in [2.24, 2.45) is 0 Å². The highest BCUT2D eigenvalue weighted by atomic mass is 14.6. The van der Waals surface area contributed by atoms with Gasteiger partial charge in [-0.05, 0) is 50.2 Å². The summed E-state index contributed by atoms with van der Waals surface area (Å²) >= 11 is 0. The summed E-state index contributed by atoms with van der Waals surface area (Å²) < 4.78 is 0. The lowest BCUT2D eigenvalue weighted by atomic mass is 9.91. The van der Waals surface area contributed by atoms with Gasteiger partial charge in [0.05, 0.1) is 0 Å². The van der Waals surface area contributed by atoms with E-state index in [2.05, 4.69) is 83.8 Å². The van der Waals surface area contributed by atoms with Crippen molar-refractivity contribution in [1.82, 2.24) is 4.98 Å². The Hall–Kier alpha value is -3.19. The van der Waals surface area contributed by atoms with Crippen LogP contribution < -0.4 is 0 Å². The smallest absolute Gasteiger partial charge is 0.0352 e. The molecule has 0 aliphatic heterocycles. The Balaban J connectivity index is 1.98. The van der Waals surface area contributed by atoms with Crippen molar-refractivity contribution in [3.63, 3.8) is 0 Å². The number of fused-ring (bicyclic) bond motifs is 4. The zero-order valence-electron chi connectivity index (χ0n) is 13.1. The first-order valence-corrected chi connectivity index (χ1v) is 8.15. The van der Waals surface area contributed by atoms with E-state index in [1.165, 1.54) is 43.4 Å². The highest BCUT2D eigenvalue weighted by Crippen LogP contribution is 2.37. The predicted molar refractivity (Wildman–Crippen MR) is 102 cm³/mol. The number of aromatic nitrogens is 1. The largest absolute Gasteiger partial charge is 0.264 e. The lowest BCUT2D eigenvalue weighted by Crippen LogP contribution is -1.86. The van der Waals surface area contributed by atoms with Gasteiger partial charge >= 0.3 is 0 Å². The van der Waals surface area contributed by atoms with Crippen molar-refractivity contribution in [2.75, 3.05) is 0 Å². The summed E-state index contributed by atoms with van der Waals surface area (Å²) in [5.74, 6) is 0. The van der Waals surface area contributed by atoms with Crippen LogP contribution in [0.3, 0.4) is 0 Å². The minimum atomic E-state index is 1.19. The molecule has 0 aliphatic carbocycles. The lowest BCUT2D eigenvalue weighted by molar-refractivity contribution is 1.36. The fraction of sp³-hybridized carbons (Fsp3) is 0. The van der Waals surface area contributed by atoms with Gasteiger partial charge in [0.15, 0.2) is 0 Å². The van der Waals surface area contributed by atoms with Crippen LogP contribution in [0.15, 0.2) is 91.3 Å². The van der Waals surface area contributed by atoms with Crippen LogP contribution in [-0.2, 0) is 0 Å². The maximum absolute atomic E-state index is 4.34. The van der Waals surface area contributed by atoms with Gasteiger partial charge < -0.3 is 0 Å². The van der Waals surface area contributed by atoms with E-state index in [1.807, 2.05) is 12.4 Å². The normalized spacial score (nSPS) is 11.3. The average Bonchev–Trinajstić information content (AvgIpc) is 2.67. The molecule has 0 N–H and O–H groups in total. The fourth-order valence-electron chi connectivity index (χ4n) is 3.63. The molecular weight excluding hydrogens is 290 g/mol. The highest BCUT2D eigenvalue weighted by molar-refractivity contribution is 6.16. The van der Waals surface area contributed by atoms with E-state index in [0.29, 0.717) is 0 Å². The Labute approximate surface area is 140 Å². The minimum absolute atomic E-state index is 1.19. The van der Waals surface area contributed by atoms with Crippen LogP contribution in [0.5, 0.6) is 0 Å².